The molecule has 134 valence electrons. The van der Waals surface area contributed by atoms with Crippen LogP contribution in [0.5, 0.6) is 5.75 Å². The van der Waals surface area contributed by atoms with Crippen LogP contribution in [0.25, 0.3) is 0 Å². The van der Waals surface area contributed by atoms with E-state index in [4.69, 9.17) is 15.2 Å². The van der Waals surface area contributed by atoms with Crippen molar-refractivity contribution in [3.8, 4) is 5.75 Å². The normalized spacial score (nSPS) is 18.1. The maximum Gasteiger partial charge on any atom is 0.252 e. The number of rotatable bonds is 9. The Kier molecular flexibility index (Phi) is 7.53. The maximum atomic E-state index is 11.4. The van der Waals surface area contributed by atoms with E-state index in [1.54, 1.807) is 18.2 Å². The number of benzene rings is 1. The van der Waals surface area contributed by atoms with Gasteiger partial charge in [-0.3, -0.25) is 4.79 Å². The number of ether oxygens (including phenoxy) is 2. The molecule has 1 aromatic rings. The number of amides is 1. The highest BCUT2D eigenvalue weighted by Crippen LogP contribution is 2.20. The summed E-state index contributed by atoms with van der Waals surface area (Å²) in [5, 5.41) is 3.69. The van der Waals surface area contributed by atoms with Gasteiger partial charge >= 0.3 is 0 Å². The fourth-order valence-corrected chi connectivity index (χ4v) is 3.25. The Morgan fingerprint density at radius 1 is 1.33 bits per heavy atom. The summed E-state index contributed by atoms with van der Waals surface area (Å²) in [6.45, 7) is 6.84. The van der Waals surface area contributed by atoms with E-state index in [1.807, 2.05) is 6.07 Å². The minimum absolute atomic E-state index is 0.441. The molecule has 3 N–H and O–H groups in total. The summed E-state index contributed by atoms with van der Waals surface area (Å²) in [5.74, 6) is 0.826. The molecule has 0 radical (unpaired) electrons. The molecule has 2 unspecified atom stereocenters. The minimum Gasteiger partial charge on any atom is -0.493 e. The largest absolute Gasteiger partial charge is 0.493 e. The third-order valence-electron chi connectivity index (χ3n) is 4.71. The first kappa shape index (κ1) is 18.7. The van der Waals surface area contributed by atoms with Crippen LogP contribution in [0, 0.1) is 5.92 Å². The van der Waals surface area contributed by atoms with Crippen LogP contribution in [0.2, 0.25) is 0 Å². The lowest BCUT2D eigenvalue weighted by Gasteiger charge is -2.30. The molecule has 24 heavy (non-hydrogen) atoms. The molecule has 1 amide bonds. The second-order valence-electron chi connectivity index (χ2n) is 6.66. The molecule has 5 heteroatoms. The van der Waals surface area contributed by atoms with Crippen LogP contribution in [0.1, 0.15) is 49.9 Å². The van der Waals surface area contributed by atoms with Gasteiger partial charge in [-0.15, -0.1) is 0 Å². The Hall–Kier alpha value is -1.59. The molecule has 0 saturated carbocycles. The molecule has 2 rings (SSSR count). The van der Waals surface area contributed by atoms with Crippen LogP contribution in [0.15, 0.2) is 24.3 Å². The van der Waals surface area contributed by atoms with Crippen molar-refractivity contribution in [3.63, 3.8) is 0 Å². The average Bonchev–Trinajstić information content (AvgIpc) is 2.59. The second kappa shape index (κ2) is 9.64. The first-order valence-electron chi connectivity index (χ1n) is 8.93. The van der Waals surface area contributed by atoms with Crippen LogP contribution >= 0.6 is 0 Å². The zero-order chi connectivity index (χ0) is 17.4. The van der Waals surface area contributed by atoms with Gasteiger partial charge in [-0.25, -0.2) is 0 Å². The molecule has 5 nitrogen and oxygen atoms in total. The van der Waals surface area contributed by atoms with Gasteiger partial charge in [0.05, 0.1) is 12.2 Å². The van der Waals surface area contributed by atoms with E-state index < -0.39 is 5.91 Å². The number of carbonyl (C=O) groups excluding carboxylic acids is 1. The van der Waals surface area contributed by atoms with Crippen molar-refractivity contribution in [3.05, 3.63) is 29.8 Å². The first-order valence-corrected chi connectivity index (χ1v) is 8.93. The summed E-state index contributed by atoms with van der Waals surface area (Å²) >= 11 is 0. The van der Waals surface area contributed by atoms with Gasteiger partial charge in [0.25, 0.3) is 5.91 Å². The fraction of sp³-hybridized carbons (Fsp3) is 0.632. The molecule has 1 saturated heterocycles. The number of nitrogens with one attached hydrogen (secondary N) is 1. The molecule has 1 fully saturated rings. The molecule has 0 aromatic heterocycles. The van der Waals surface area contributed by atoms with Crippen LogP contribution in [-0.4, -0.2) is 37.8 Å². The number of carbonyl (C=O) groups is 1. The number of nitrogens with two attached hydrogens (primary N) is 1. The smallest absolute Gasteiger partial charge is 0.252 e. The molecule has 1 aliphatic rings. The van der Waals surface area contributed by atoms with E-state index in [-0.39, 0.29) is 0 Å². The Morgan fingerprint density at radius 3 is 2.75 bits per heavy atom. The highest BCUT2D eigenvalue weighted by atomic mass is 16.5. The summed E-state index contributed by atoms with van der Waals surface area (Å²) in [4.78, 5) is 11.4. The Labute approximate surface area is 144 Å². The molecular weight excluding hydrogens is 304 g/mol. The predicted molar refractivity (Wildman–Crippen MR) is 95.3 cm³/mol. The fourth-order valence-electron chi connectivity index (χ4n) is 3.25. The van der Waals surface area contributed by atoms with Gasteiger partial charge < -0.3 is 20.5 Å². The van der Waals surface area contributed by atoms with Crippen LogP contribution < -0.4 is 15.8 Å². The van der Waals surface area contributed by atoms with Gasteiger partial charge in [-0.2, -0.15) is 0 Å². The Morgan fingerprint density at radius 2 is 2.04 bits per heavy atom. The van der Waals surface area contributed by atoms with Crippen molar-refractivity contribution in [1.29, 1.82) is 0 Å². The maximum absolute atomic E-state index is 11.4. The molecule has 0 aliphatic carbocycles. The lowest BCUT2D eigenvalue weighted by molar-refractivity contribution is 0.0544. The van der Waals surface area contributed by atoms with Gasteiger partial charge in [-0.1, -0.05) is 12.1 Å². The summed E-state index contributed by atoms with van der Waals surface area (Å²) < 4.78 is 11.2. The topological polar surface area (TPSA) is 73.6 Å². The monoisotopic (exact) mass is 334 g/mol. The second-order valence-corrected chi connectivity index (χ2v) is 6.66. The Balaban J connectivity index is 1.67. The third kappa shape index (κ3) is 5.80. The highest BCUT2D eigenvalue weighted by molar-refractivity contribution is 5.95. The van der Waals surface area contributed by atoms with Crippen LogP contribution in [0.3, 0.4) is 0 Å². The predicted octanol–water partition coefficient (Wildman–Crippen LogP) is 2.74. The van der Waals surface area contributed by atoms with Crippen molar-refractivity contribution in [2.75, 3.05) is 19.8 Å². The summed E-state index contributed by atoms with van der Waals surface area (Å²) in [7, 11) is 0. The van der Waals surface area contributed by atoms with Crippen molar-refractivity contribution < 1.29 is 14.3 Å². The van der Waals surface area contributed by atoms with Gasteiger partial charge in [-0.05, 0) is 57.6 Å². The molecule has 1 aliphatic heterocycles. The van der Waals surface area contributed by atoms with Crippen molar-refractivity contribution in [2.24, 2.45) is 11.7 Å². The van der Waals surface area contributed by atoms with Crippen LogP contribution in [-0.2, 0) is 4.74 Å². The summed E-state index contributed by atoms with van der Waals surface area (Å²) in [5.41, 5.74) is 5.80. The van der Waals surface area contributed by atoms with Gasteiger partial charge in [0.1, 0.15) is 5.75 Å². The minimum atomic E-state index is -0.453. The van der Waals surface area contributed by atoms with E-state index in [9.17, 15) is 4.79 Å². The van der Waals surface area contributed by atoms with E-state index in [1.165, 1.54) is 0 Å². The Bertz CT molecular complexity index is 515. The van der Waals surface area contributed by atoms with E-state index in [2.05, 4.69) is 19.2 Å². The number of primary amides is 1. The SMILES string of the molecule is CC(CCCOc1ccccc1C(N)=O)NC(C)C1CCOCC1. The van der Waals surface area contributed by atoms with E-state index >= 15 is 0 Å². The molecular formula is C19H30N2O3. The molecule has 1 heterocycles. The lowest BCUT2D eigenvalue weighted by Crippen LogP contribution is -2.41. The van der Waals surface area contributed by atoms with Crippen molar-refractivity contribution in [2.45, 2.75) is 51.6 Å². The van der Waals surface area contributed by atoms with Gasteiger partial charge in [0.15, 0.2) is 0 Å². The van der Waals surface area contributed by atoms with Crippen LogP contribution in [0.4, 0.5) is 0 Å². The summed E-state index contributed by atoms with van der Waals surface area (Å²) in [6.07, 6.45) is 4.26. The zero-order valence-electron chi connectivity index (χ0n) is 14.8. The summed E-state index contributed by atoms with van der Waals surface area (Å²) in [6, 6.07) is 8.07. The number of hydrogen-bond acceptors (Lipinski definition) is 4. The van der Waals surface area contributed by atoms with Gasteiger partial charge in [0, 0.05) is 25.3 Å². The van der Waals surface area contributed by atoms with E-state index in [0.717, 1.165) is 38.9 Å². The molecule has 0 bridgehead atoms. The number of hydrogen-bond donors (Lipinski definition) is 2. The standard InChI is InChI=1S/C19H30N2O3/c1-14(21-15(2)16-9-12-23-13-10-16)6-5-11-24-18-8-4-3-7-17(18)19(20)22/h3-4,7-8,14-16,21H,5-6,9-13H2,1-2H3,(H2,20,22). The van der Waals surface area contributed by atoms with Gasteiger partial charge in [0.2, 0.25) is 0 Å². The number of para-hydroxylation sites is 1. The average molecular weight is 334 g/mol. The molecule has 1 aromatic carbocycles. The first-order chi connectivity index (χ1) is 11.6. The zero-order valence-corrected chi connectivity index (χ0v) is 14.8. The quantitative estimate of drug-likeness (QED) is 0.681. The van der Waals surface area contributed by atoms with E-state index in [0.29, 0.717) is 35.9 Å². The molecule has 2 atom stereocenters. The third-order valence-corrected chi connectivity index (χ3v) is 4.71. The highest BCUT2D eigenvalue weighted by Gasteiger charge is 2.21. The van der Waals surface area contributed by atoms with Crippen molar-refractivity contribution in [1.82, 2.24) is 5.32 Å². The molecule has 0 spiro atoms. The van der Waals surface area contributed by atoms with Crippen molar-refractivity contribution >= 4 is 5.91 Å². The lowest BCUT2D eigenvalue weighted by atomic mass is 9.92.